The highest BCUT2D eigenvalue weighted by molar-refractivity contribution is 9.10. The molecule has 15 N–H and O–H groups in total. The molecule has 3 unspecified atom stereocenters. The van der Waals surface area contributed by atoms with Crippen molar-refractivity contribution in [2.75, 3.05) is 84.7 Å². The van der Waals surface area contributed by atoms with Gasteiger partial charge in [-0.05, 0) is 194 Å². The molecule has 676 valence electrons. The lowest BCUT2D eigenvalue weighted by Crippen LogP contribution is -2.59. The molecule has 14 heterocycles. The number of nitrogens with two attached hydrogens (primary N) is 2. The fourth-order valence-corrected chi connectivity index (χ4v) is 16.4. The zero-order valence-corrected chi connectivity index (χ0v) is 76.6. The number of carbonyl (C=O) groups is 10. The molecule has 9 amide bonds. The van der Waals surface area contributed by atoms with Crippen molar-refractivity contribution in [3.63, 3.8) is 0 Å². The molecule has 3 saturated carbocycles. The van der Waals surface area contributed by atoms with Gasteiger partial charge in [0.05, 0.1) is 48.7 Å². The molecule has 3 spiro atoms. The molecular formula is C78H92Br2Cl6N24O16. The fourth-order valence-electron chi connectivity index (χ4n) is 14.3. The molecule has 7 aliphatic heterocycles. The number of likely N-dealkylation sites (tertiary alicyclic amines) is 2. The van der Waals surface area contributed by atoms with E-state index in [1.807, 2.05) is 0 Å². The van der Waals surface area contributed by atoms with Crippen molar-refractivity contribution in [1.82, 2.24) is 85.0 Å². The second kappa shape index (κ2) is 40.7. The number of ether oxygens (including phenoxy) is 2. The van der Waals surface area contributed by atoms with Gasteiger partial charge in [0, 0.05) is 62.0 Å². The predicted octanol–water partition coefficient (Wildman–Crippen LogP) is 8.75. The average molecular weight is 1990 g/mol. The molecule has 4 saturated heterocycles. The number of nitrogen functional groups attached to an aromatic ring is 1. The zero-order valence-electron chi connectivity index (χ0n) is 68.8. The first kappa shape index (κ1) is 97.7. The number of Topliss-reactive ketones (excluding diaryl/α,β-unsaturated/α-hetero) is 1. The van der Waals surface area contributed by atoms with Crippen LogP contribution in [0.5, 0.6) is 0 Å². The fraction of sp³-hybridized carbons (Fsp3) is 0.462. The van der Waals surface area contributed by atoms with Gasteiger partial charge in [-0.2, -0.15) is 0 Å². The zero-order chi connectivity index (χ0) is 89.7. The summed E-state index contributed by atoms with van der Waals surface area (Å²) in [5.74, 6) is 0.475. The quantitative estimate of drug-likeness (QED) is 0.0575. The Morgan fingerprint density at radius 3 is 1.27 bits per heavy atom. The van der Waals surface area contributed by atoms with Crippen LogP contribution >= 0.6 is 103 Å². The molecule has 0 bridgehead atoms. The lowest BCUT2D eigenvalue weighted by Gasteiger charge is -2.41. The third kappa shape index (κ3) is 23.9. The van der Waals surface area contributed by atoms with E-state index >= 15 is 0 Å². The van der Waals surface area contributed by atoms with Crippen LogP contribution in [0.1, 0.15) is 173 Å². The van der Waals surface area contributed by atoms with Crippen LogP contribution in [0.4, 0.5) is 55.9 Å². The lowest BCUT2D eigenvalue weighted by molar-refractivity contribution is -0.119. The van der Waals surface area contributed by atoms with Crippen molar-refractivity contribution >= 4 is 209 Å². The van der Waals surface area contributed by atoms with E-state index < -0.39 is 69.2 Å². The van der Waals surface area contributed by atoms with E-state index in [9.17, 15) is 67.1 Å². The Morgan fingerprint density at radius 1 is 0.492 bits per heavy atom. The number of aromatic nitrogens is 10. The molecule has 7 fully saturated rings. The number of pyridine rings is 4. The monoisotopic (exact) mass is 1990 g/mol. The van der Waals surface area contributed by atoms with Crippen LogP contribution in [0.25, 0.3) is 0 Å². The van der Waals surface area contributed by atoms with Gasteiger partial charge in [0.25, 0.3) is 45.9 Å². The van der Waals surface area contributed by atoms with Crippen LogP contribution in [-0.4, -0.2) is 181 Å². The van der Waals surface area contributed by atoms with E-state index in [4.69, 9.17) is 67.3 Å². The van der Waals surface area contributed by atoms with E-state index in [0.29, 0.717) is 93.2 Å². The highest BCUT2D eigenvalue weighted by Gasteiger charge is 2.52. The predicted molar refractivity (Wildman–Crippen MR) is 478 cm³/mol. The summed E-state index contributed by atoms with van der Waals surface area (Å²) in [5.41, 5.74) is 4.85. The number of halogens is 8. The van der Waals surface area contributed by atoms with Crippen molar-refractivity contribution in [1.29, 1.82) is 0 Å². The minimum absolute atomic E-state index is 0. The van der Waals surface area contributed by atoms with E-state index in [0.717, 1.165) is 70.9 Å². The topological polar surface area (TPSA) is 544 Å². The molecule has 10 aliphatic rings. The molecule has 40 nitrogen and oxygen atoms in total. The number of hydrogen-bond donors (Lipinski definition) is 13. The summed E-state index contributed by atoms with van der Waals surface area (Å²) in [6.45, 7) is 14.7. The van der Waals surface area contributed by atoms with Gasteiger partial charge in [-0.25, -0.2) is 39.5 Å². The number of amides is 9. The number of nitrogens with one attached hydrogen (secondary N) is 11. The van der Waals surface area contributed by atoms with Crippen LogP contribution in [0.2, 0.25) is 20.1 Å². The van der Waals surface area contributed by atoms with Crippen molar-refractivity contribution in [3.8, 4) is 0 Å². The Labute approximate surface area is 768 Å². The Bertz CT molecular complexity index is 5670. The number of piperidine rings is 4. The van der Waals surface area contributed by atoms with Crippen LogP contribution in [0, 0.1) is 17.8 Å². The molecule has 3 atom stereocenters. The number of fused-ring (bicyclic) bond motifs is 6. The van der Waals surface area contributed by atoms with Gasteiger partial charge in [-0.15, -0.1) is 24.8 Å². The Kier molecular flexibility index (Phi) is 31.6. The summed E-state index contributed by atoms with van der Waals surface area (Å²) in [6.07, 6.45) is 13.7. The Morgan fingerprint density at radius 2 is 0.881 bits per heavy atom. The van der Waals surface area contributed by atoms with Crippen LogP contribution in [0.15, 0.2) is 89.6 Å². The van der Waals surface area contributed by atoms with Gasteiger partial charge in [0.15, 0.2) is 0 Å². The minimum Gasteiger partial charge on any atom is -0.444 e. The van der Waals surface area contributed by atoms with Gasteiger partial charge < -0.3 is 88.9 Å². The maximum atomic E-state index is 13.7. The first-order chi connectivity index (χ1) is 58.6. The number of rotatable bonds is 11. The summed E-state index contributed by atoms with van der Waals surface area (Å²) in [4.78, 5) is 199. The SMILES string of the molecule is CC(C)(C)OC(=O)N1CCCC2(C1)NC(=O)c1c(Cl)cc(Br)c(=O)n12.CC(C)(C)OC(=O)N1CCCC2(C1)NC(=O)c1c(Cl)cc(Nc3cc(NC(=O)C4CC4)ncn3)c(=O)n12.Cl.Cl.NC(=O)c1[nH]c(=O)c(Br)cc1Cl.Nc1cc(NC(=O)C2CC2)ncn1.O=C1CCCNC1.O=C1NC2(CCCNC2)n2c1c(Cl)cc(Nc1cc(NC(=O)C3CC3)ncn1)c2=O. The summed E-state index contributed by atoms with van der Waals surface area (Å²) in [5, 5.41) is 29.5. The standard InChI is InChI=1S/C24H28ClN7O5.C19H20ClN7O3.C16H19BrClN3O4.C8H10N4O.C6H4BrClN2O2.C5H9NO.2ClH/c1-23(2,3)37-22(36)31-8-4-7-24(11-31)30-20(34)18-14(25)9-15(21(35)32(18)24)28-16-10-17(27-12-26-16)29-19(33)13-5-6-13;20-11-6-12(24-13-7-14(23-9-22-13)25-16(28)10-2-3-10)18(30)27-15(11)17(29)26-19(27)4-1-5-21-8-19;1-15(2,3)25-14(24)20-6-4-5-16(8-20)19-12(22)11-10(18)7-9(17)13(23)21(11)16;9-6-3-7(11-4-10-6)12-8(13)5-1-2-5;7-2-1-3(8)4(5(9)11)10-6(2)12;7-5-2-1-3-6-4-5;;/h9-10,12-13H,4-8,11H2,1-3H3,(H,30,34)(H2,26,27,28,29,33);6-7,9-10,21H,1-5,8H2,(H,26,29)(H2,22,23,24,25,28);7H,4-6,8H2,1-3H3,(H,19,22);3-5H,1-2H2,(H3,9,10,11,12,13);1H,(H2,9,11)(H,10,12);6H,1-4H2;2*1H. The molecule has 0 aromatic carbocycles. The number of carbonyl (C=O) groups excluding carboxylic acids is 10. The van der Waals surface area contributed by atoms with Crippen molar-refractivity contribution in [2.45, 2.75) is 160 Å². The highest BCUT2D eigenvalue weighted by atomic mass is 79.9. The maximum Gasteiger partial charge on any atom is 0.410 e. The smallest absolute Gasteiger partial charge is 0.410 e. The molecule has 3 aliphatic carbocycles. The number of primary amides is 1. The second-order valence-corrected chi connectivity index (χ2v) is 36.0. The van der Waals surface area contributed by atoms with E-state index in [1.54, 1.807) is 53.7 Å². The number of ketones is 1. The molecule has 126 heavy (non-hydrogen) atoms. The first-order valence-corrected chi connectivity index (χ1v) is 42.7. The van der Waals surface area contributed by atoms with Gasteiger partial charge in [0.1, 0.15) is 122 Å². The summed E-state index contributed by atoms with van der Waals surface area (Å²) < 4.78 is 15.6. The molecule has 7 aromatic heterocycles. The summed E-state index contributed by atoms with van der Waals surface area (Å²) in [6, 6.07) is 10.1. The van der Waals surface area contributed by atoms with Crippen LogP contribution in [0.3, 0.4) is 0 Å². The third-order valence-corrected chi connectivity index (χ3v) is 22.8. The third-order valence-electron chi connectivity index (χ3n) is 20.5. The number of anilines is 8. The lowest BCUT2D eigenvalue weighted by atomic mass is 9.98. The largest absolute Gasteiger partial charge is 0.444 e. The molecule has 17 rings (SSSR count). The molecule has 7 aromatic rings. The van der Waals surface area contributed by atoms with Crippen molar-refractivity contribution < 1.29 is 57.4 Å². The van der Waals surface area contributed by atoms with Crippen LogP contribution in [-0.2, 0) is 45.6 Å². The van der Waals surface area contributed by atoms with Crippen LogP contribution < -0.4 is 86.9 Å². The first-order valence-electron chi connectivity index (χ1n) is 39.6. The summed E-state index contributed by atoms with van der Waals surface area (Å²) in [7, 11) is 0. The summed E-state index contributed by atoms with van der Waals surface area (Å²) >= 11 is 30.8. The molecule has 48 heteroatoms. The molecular weight excluding hydrogens is 1900 g/mol. The number of H-pyrrole nitrogens is 1. The van der Waals surface area contributed by atoms with Gasteiger partial charge in [-0.1, -0.05) is 46.4 Å². The Balaban J connectivity index is 0.000000168. The van der Waals surface area contributed by atoms with Gasteiger partial charge >= 0.3 is 12.2 Å². The second-order valence-electron chi connectivity index (χ2n) is 32.7. The van der Waals surface area contributed by atoms with Gasteiger partial charge in [-0.3, -0.25) is 71.2 Å². The minimum atomic E-state index is -1.17. The van der Waals surface area contributed by atoms with E-state index in [1.165, 1.54) is 72.8 Å². The van der Waals surface area contributed by atoms with Crippen molar-refractivity contribution in [3.05, 3.63) is 155 Å². The number of nitrogens with zero attached hydrogens (tertiary/aromatic N) is 11. The Hall–Kier alpha value is -10.4. The van der Waals surface area contributed by atoms with Gasteiger partial charge in [0.2, 0.25) is 17.7 Å². The van der Waals surface area contributed by atoms with E-state index in [2.05, 4.69) is 120 Å². The number of hydrogen-bond acceptors (Lipinski definition) is 27. The number of aromatic amines is 1. The average Bonchev–Trinajstić information content (AvgIpc) is 1.58. The maximum absolute atomic E-state index is 13.7. The highest BCUT2D eigenvalue weighted by Crippen LogP contribution is 2.40. The normalized spacial score (nSPS) is 19.8. The molecule has 0 radical (unpaired) electrons. The van der Waals surface area contributed by atoms with Crippen molar-refractivity contribution in [2.24, 2.45) is 23.5 Å². The van der Waals surface area contributed by atoms with E-state index in [-0.39, 0.29) is 159 Å².